The largest absolute Gasteiger partial charge is 0.462 e. The molecule has 7 N–H and O–H groups in total. The predicted molar refractivity (Wildman–Crippen MR) is 308 cm³/mol. The Hall–Kier alpha value is -3.49. The minimum absolute atomic E-state index is 0.00321. The number of carbonyl (C=O) groups excluding carboxylic acids is 4. The van der Waals surface area contributed by atoms with E-state index in [9.17, 15) is 54.9 Å². The average molecular weight is 1220 g/mol. The van der Waals surface area contributed by atoms with Gasteiger partial charge < -0.3 is 83.1 Å². The van der Waals surface area contributed by atoms with Crippen molar-refractivity contribution in [3.05, 3.63) is 60.2 Å². The molecule has 24 atom stereocenters. The summed E-state index contributed by atoms with van der Waals surface area (Å²) >= 11 is 5.89. The number of ether oxygens (including phenoxy) is 10. The average Bonchev–Trinajstić information content (AvgIpc) is 1.35. The molecule has 7 heterocycles. The summed E-state index contributed by atoms with van der Waals surface area (Å²) in [5.41, 5.74) is -0.508. The first-order valence-electron chi connectivity index (χ1n) is 30.3. The van der Waals surface area contributed by atoms with Gasteiger partial charge in [-0.2, -0.15) is 0 Å². The summed E-state index contributed by atoms with van der Waals surface area (Å²) in [6, 6.07) is 0. The second-order valence-electron chi connectivity index (χ2n) is 25.9. The van der Waals surface area contributed by atoms with Gasteiger partial charge in [-0.15, -0.1) is 0 Å². The van der Waals surface area contributed by atoms with Gasteiger partial charge in [-0.1, -0.05) is 88.4 Å². The van der Waals surface area contributed by atoms with Crippen molar-refractivity contribution in [3.8, 4) is 0 Å². The number of ketones is 1. The molecule has 6 fully saturated rings. The third kappa shape index (κ3) is 18.1. The molecule has 85 heavy (non-hydrogen) atoms. The zero-order valence-electron chi connectivity index (χ0n) is 50.7. The van der Waals surface area contributed by atoms with Gasteiger partial charge in [0.1, 0.15) is 36.3 Å². The summed E-state index contributed by atoms with van der Waals surface area (Å²) in [4.78, 5) is 54.3. The summed E-state index contributed by atoms with van der Waals surface area (Å²) in [5, 5.41) is 82.6. The maximum absolute atomic E-state index is 14.5. The fraction of sp³-hybridized carbons (Fsp3) is 0.778. The third-order valence-electron chi connectivity index (χ3n) is 18.3. The number of allylic oxidation sites excluding steroid dienone is 3. The molecule has 7 aliphatic rings. The van der Waals surface area contributed by atoms with Gasteiger partial charge in [0.15, 0.2) is 17.4 Å². The zero-order chi connectivity index (χ0) is 62.5. The number of rotatable bonds is 9. The smallest absolute Gasteiger partial charge is 0.308 e. The lowest BCUT2D eigenvalue weighted by Crippen LogP contribution is -2.65. The number of esters is 3. The molecule has 0 radical (unpaired) electrons. The first-order chi connectivity index (χ1) is 39.8. The Labute approximate surface area is 505 Å². The van der Waals surface area contributed by atoms with E-state index in [0.29, 0.717) is 43.3 Å². The number of methoxy groups -OCH3 is 1. The standard InChI is InChI=1S/C63H95ClO21/c1-33(19-42(67)18-17-35(3)64)20-53-55(72)57-39(7)58(79-53)59(73)63(75)31-51(70)37(5)52(85-63)16-14-12-13-15-44-22-43(68)27-61(81-44)29-47(76-11)23-45(82-61)25-50(69)38(6)56(78-41(9)66)36(4)34(2)21-49-28-60(10,74)32-62(84-49)30-48(77-40(8)65)24-46(83-62)26-54(71)80-57/h13,15,17-18,36-39,42-49,51-53,55-59,67-68,70,72-75H,1-3,12,14,16,19-32H2,4-11H3/b15-13-,18-17+/t36-,37-,38+,39+,42-,43+,44+,45+,46-,47+,48+,49+,51+,52-,53+,55+,56+,57+,58+,59-,60+,61-,62-,63-/m0/s1. The molecule has 7 aliphatic heterocycles. The number of halogens is 1. The number of hydrogen-bond acceptors (Lipinski definition) is 21. The van der Waals surface area contributed by atoms with Crippen molar-refractivity contribution in [3.63, 3.8) is 0 Å². The Morgan fingerprint density at radius 3 is 2.15 bits per heavy atom. The summed E-state index contributed by atoms with van der Waals surface area (Å²) in [6.07, 6.45) is -8.69. The first kappa shape index (κ1) is 69.0. The highest BCUT2D eigenvalue weighted by atomic mass is 35.5. The third-order valence-corrected chi connectivity index (χ3v) is 18.4. The minimum atomic E-state index is -2.40. The van der Waals surface area contributed by atoms with Gasteiger partial charge >= 0.3 is 17.9 Å². The lowest BCUT2D eigenvalue weighted by molar-refractivity contribution is -0.351. The van der Waals surface area contributed by atoms with Crippen molar-refractivity contribution in [2.45, 2.75) is 278 Å². The second kappa shape index (κ2) is 29.0. The summed E-state index contributed by atoms with van der Waals surface area (Å²) in [6.45, 7) is 23.1. The predicted octanol–water partition coefficient (Wildman–Crippen LogP) is 5.91. The summed E-state index contributed by atoms with van der Waals surface area (Å²) in [7, 11) is 1.57. The van der Waals surface area contributed by atoms with Gasteiger partial charge in [0.05, 0.1) is 85.1 Å². The second-order valence-corrected chi connectivity index (χ2v) is 26.4. The fourth-order valence-electron chi connectivity index (χ4n) is 14.1. The molecule has 0 unspecified atom stereocenters. The normalized spacial score (nSPS) is 44.5. The number of aliphatic hydroxyl groups is 7. The Morgan fingerprint density at radius 2 is 1.47 bits per heavy atom. The number of Topliss-reactive ketones (excluding diaryl/α,β-unsaturated/α-hetero) is 1. The van der Waals surface area contributed by atoms with Crippen molar-refractivity contribution in [2.75, 3.05) is 7.11 Å². The van der Waals surface area contributed by atoms with Crippen LogP contribution in [0.15, 0.2) is 60.2 Å². The molecule has 2 spiro atoms. The molecular weight excluding hydrogens is 1130 g/mol. The monoisotopic (exact) mass is 1220 g/mol. The van der Waals surface area contributed by atoms with Crippen molar-refractivity contribution >= 4 is 35.3 Å². The van der Waals surface area contributed by atoms with Gasteiger partial charge in [0.2, 0.25) is 0 Å². The Balaban J connectivity index is 1.22. The van der Waals surface area contributed by atoms with E-state index in [1.54, 1.807) is 41.7 Å². The van der Waals surface area contributed by atoms with Gasteiger partial charge in [0.25, 0.3) is 0 Å². The molecule has 0 aromatic rings. The molecule has 7 rings (SSSR count). The van der Waals surface area contributed by atoms with E-state index in [0.717, 1.165) is 0 Å². The van der Waals surface area contributed by atoms with Gasteiger partial charge in [-0.3, -0.25) is 19.2 Å². The Kier molecular flexibility index (Phi) is 23.5. The molecule has 21 nitrogen and oxygen atoms in total. The van der Waals surface area contributed by atoms with E-state index in [-0.39, 0.29) is 81.1 Å². The highest BCUT2D eigenvalue weighted by Crippen LogP contribution is 2.48. The topological polar surface area (TPSA) is 302 Å². The van der Waals surface area contributed by atoms with E-state index in [4.69, 9.17) is 59.0 Å². The van der Waals surface area contributed by atoms with Crippen molar-refractivity contribution in [2.24, 2.45) is 23.7 Å². The van der Waals surface area contributed by atoms with Crippen LogP contribution >= 0.6 is 11.6 Å². The molecule has 480 valence electrons. The van der Waals surface area contributed by atoms with E-state index in [1.165, 1.54) is 26.0 Å². The van der Waals surface area contributed by atoms with Crippen LogP contribution in [0.4, 0.5) is 0 Å². The summed E-state index contributed by atoms with van der Waals surface area (Å²) in [5.74, 6) is -10.7. The molecule has 0 aromatic carbocycles. The quantitative estimate of drug-likeness (QED) is 0.0611. The fourth-order valence-corrected chi connectivity index (χ4v) is 14.2. The van der Waals surface area contributed by atoms with Gasteiger partial charge in [0, 0.05) is 108 Å². The number of aliphatic hydroxyl groups excluding tert-OH is 5. The Morgan fingerprint density at radius 1 is 0.812 bits per heavy atom. The van der Waals surface area contributed by atoms with Crippen molar-refractivity contribution in [1.29, 1.82) is 0 Å². The molecule has 0 aromatic heterocycles. The van der Waals surface area contributed by atoms with Crippen LogP contribution in [-0.2, 0) is 66.5 Å². The molecule has 6 saturated heterocycles. The maximum atomic E-state index is 14.5. The van der Waals surface area contributed by atoms with Crippen LogP contribution in [0.5, 0.6) is 0 Å². The first-order valence-corrected chi connectivity index (χ1v) is 30.7. The van der Waals surface area contributed by atoms with Crippen molar-refractivity contribution in [1.82, 2.24) is 0 Å². The van der Waals surface area contributed by atoms with Crippen molar-refractivity contribution < 1.29 is 102 Å². The molecule has 0 amide bonds. The molecule has 22 heteroatoms. The van der Waals surface area contributed by atoms with Crippen LogP contribution < -0.4 is 0 Å². The lowest BCUT2D eigenvalue weighted by atomic mass is 9.78. The van der Waals surface area contributed by atoms with Crippen LogP contribution in [0.3, 0.4) is 0 Å². The van der Waals surface area contributed by atoms with E-state index in [1.807, 2.05) is 12.2 Å². The van der Waals surface area contributed by atoms with E-state index < -0.39 is 169 Å². The highest BCUT2D eigenvalue weighted by Gasteiger charge is 2.58. The molecular formula is C63H95ClO21. The lowest BCUT2D eigenvalue weighted by Gasteiger charge is -2.52. The van der Waals surface area contributed by atoms with E-state index in [2.05, 4.69) is 19.7 Å². The summed E-state index contributed by atoms with van der Waals surface area (Å²) < 4.78 is 63.4. The minimum Gasteiger partial charge on any atom is -0.462 e. The van der Waals surface area contributed by atoms with Crippen LogP contribution in [0.1, 0.15) is 158 Å². The van der Waals surface area contributed by atoms with Gasteiger partial charge in [-0.05, 0) is 51.5 Å². The number of hydrogen-bond donors (Lipinski definition) is 7. The number of fused-ring (bicyclic) bond motifs is 8. The van der Waals surface area contributed by atoms with Crippen LogP contribution in [0, 0.1) is 23.7 Å². The SMILES string of the molecule is C=C(Cl)/C=C/[C@H](O)CC(=C)C[C@H]1O[C@@H]2[C@H](C)[C@@H](OC(=O)C[C@@H]3C[C@@H](OC(C)=O)C[C@]4(C[C@](C)(O)C[C@@H](CC(=C)[C@H](C)[C@@H](OC(C)=O)[C@H](C)C(=O)C[C@H]5C[C@@H](OC)C[C@]6(C[C@H](O)C[C@@H](/C=C\CCC[C@@H]7O[C@@](O)(C[C@@H](O)[C@@H]7C)[C@H]2O)O6)O5)O4)O3)[C@@H]1O. The Bertz CT molecular complexity index is 2430. The molecule has 0 aliphatic carbocycles. The maximum Gasteiger partial charge on any atom is 0.308 e. The van der Waals surface area contributed by atoms with Crippen LogP contribution in [0.2, 0.25) is 0 Å². The van der Waals surface area contributed by atoms with Crippen LogP contribution in [0.25, 0.3) is 0 Å². The molecule has 10 bridgehead atoms. The highest BCUT2D eigenvalue weighted by molar-refractivity contribution is 6.30. The van der Waals surface area contributed by atoms with Crippen LogP contribution in [-0.4, -0.2) is 187 Å². The molecule has 0 saturated carbocycles. The van der Waals surface area contributed by atoms with Gasteiger partial charge in [-0.25, -0.2) is 0 Å². The van der Waals surface area contributed by atoms with E-state index >= 15 is 0 Å². The number of carbonyl (C=O) groups is 4. The zero-order valence-corrected chi connectivity index (χ0v) is 51.5.